The van der Waals surface area contributed by atoms with Crippen LogP contribution in [0.15, 0.2) is 65.2 Å². The molecule has 4 aromatic rings. The van der Waals surface area contributed by atoms with Crippen molar-refractivity contribution >= 4 is 16.9 Å². The van der Waals surface area contributed by atoms with Crippen LogP contribution in [0.5, 0.6) is 0 Å². The summed E-state index contributed by atoms with van der Waals surface area (Å²) < 4.78 is 19.9. The van der Waals surface area contributed by atoms with Crippen LogP contribution in [0.1, 0.15) is 27.8 Å². The Morgan fingerprint density at radius 3 is 2.63 bits per heavy atom. The maximum atomic E-state index is 14.4. The normalized spacial score (nSPS) is 12.1. The summed E-state index contributed by atoms with van der Waals surface area (Å²) in [5.74, 6) is -0.788. The van der Waals surface area contributed by atoms with Gasteiger partial charge >= 0.3 is 0 Å². The molecule has 7 heteroatoms. The fourth-order valence-electron chi connectivity index (χ4n) is 3.41. The van der Waals surface area contributed by atoms with Crippen LogP contribution < -0.4 is 5.73 Å². The molecular weight excluding hydrogens is 383 g/mol. The molecule has 2 aromatic heterocycles. The summed E-state index contributed by atoms with van der Waals surface area (Å²) in [7, 11) is 3.24. The lowest BCUT2D eigenvalue weighted by Crippen LogP contribution is -2.24. The third-order valence-electron chi connectivity index (χ3n) is 4.95. The first-order valence-electron chi connectivity index (χ1n) is 9.52. The molecule has 0 aliphatic rings. The Hall–Kier alpha value is -3.58. The second kappa shape index (κ2) is 8.04. The number of nitrogens with zero attached hydrogens (tertiary/aromatic N) is 3. The lowest BCUT2D eigenvalue weighted by Gasteiger charge is -2.17. The molecule has 2 N–H and O–H groups in total. The van der Waals surface area contributed by atoms with Gasteiger partial charge in [0, 0.05) is 37.5 Å². The van der Waals surface area contributed by atoms with E-state index >= 15 is 0 Å². The summed E-state index contributed by atoms with van der Waals surface area (Å²) in [6, 6.07) is 17.2. The second-order valence-corrected chi connectivity index (χ2v) is 7.25. The number of carbonyl (C=O) groups is 1. The standard InChI is InChI=1S/C23H21FN4O2/c1-28(2)23(29)19-12-11-17(24)20(26-19)13-18(25)14-7-3-4-8-15(14)22-16-9-5-6-10-21(16)30-27-22/h3-12,18H,13,25H2,1-2H3/t18-/m0/s1. The van der Waals surface area contributed by atoms with Crippen molar-refractivity contribution < 1.29 is 13.7 Å². The molecule has 30 heavy (non-hydrogen) atoms. The molecule has 0 aliphatic heterocycles. The van der Waals surface area contributed by atoms with E-state index in [1.54, 1.807) is 14.1 Å². The van der Waals surface area contributed by atoms with E-state index in [0.29, 0.717) is 11.3 Å². The monoisotopic (exact) mass is 404 g/mol. The highest BCUT2D eigenvalue weighted by molar-refractivity contribution is 5.92. The van der Waals surface area contributed by atoms with Crippen LogP contribution in [0.2, 0.25) is 0 Å². The molecule has 0 saturated heterocycles. The topological polar surface area (TPSA) is 85.2 Å². The van der Waals surface area contributed by atoms with Crippen molar-refractivity contribution in [1.29, 1.82) is 0 Å². The van der Waals surface area contributed by atoms with Crippen molar-refractivity contribution in [1.82, 2.24) is 15.0 Å². The lowest BCUT2D eigenvalue weighted by molar-refractivity contribution is 0.0821. The minimum absolute atomic E-state index is 0.132. The summed E-state index contributed by atoms with van der Waals surface area (Å²) >= 11 is 0. The molecule has 2 heterocycles. The van der Waals surface area contributed by atoms with E-state index in [4.69, 9.17) is 10.3 Å². The van der Waals surface area contributed by atoms with Crippen molar-refractivity contribution in [3.63, 3.8) is 0 Å². The van der Waals surface area contributed by atoms with Gasteiger partial charge in [-0.1, -0.05) is 41.6 Å². The fourth-order valence-corrected chi connectivity index (χ4v) is 3.41. The van der Waals surface area contributed by atoms with E-state index in [9.17, 15) is 9.18 Å². The second-order valence-electron chi connectivity index (χ2n) is 7.25. The average Bonchev–Trinajstić information content (AvgIpc) is 3.18. The summed E-state index contributed by atoms with van der Waals surface area (Å²) in [6.45, 7) is 0. The van der Waals surface area contributed by atoms with Gasteiger partial charge in [-0.05, 0) is 29.8 Å². The van der Waals surface area contributed by atoms with Crippen LogP contribution in [-0.4, -0.2) is 35.0 Å². The molecule has 0 spiro atoms. The number of aromatic nitrogens is 2. The van der Waals surface area contributed by atoms with Gasteiger partial charge in [0.2, 0.25) is 0 Å². The number of hydrogen-bond acceptors (Lipinski definition) is 5. The number of halogens is 1. The highest BCUT2D eigenvalue weighted by atomic mass is 19.1. The summed E-state index contributed by atoms with van der Waals surface area (Å²) in [5.41, 5.74) is 9.77. The zero-order valence-electron chi connectivity index (χ0n) is 16.7. The number of carbonyl (C=O) groups excluding carboxylic acids is 1. The number of pyridine rings is 1. The van der Waals surface area contributed by atoms with Crippen LogP contribution in [0.4, 0.5) is 4.39 Å². The predicted octanol–water partition coefficient (Wildman–Crippen LogP) is 3.97. The molecule has 2 aromatic carbocycles. The predicted molar refractivity (Wildman–Crippen MR) is 112 cm³/mol. The maximum absolute atomic E-state index is 14.4. The van der Waals surface area contributed by atoms with Crippen molar-refractivity contribution in [2.75, 3.05) is 14.1 Å². The molecule has 0 saturated carbocycles. The smallest absolute Gasteiger partial charge is 0.271 e. The van der Waals surface area contributed by atoms with Gasteiger partial charge in [0.25, 0.3) is 5.91 Å². The van der Waals surface area contributed by atoms with E-state index in [0.717, 1.165) is 16.5 Å². The largest absolute Gasteiger partial charge is 0.356 e. The van der Waals surface area contributed by atoms with Crippen molar-refractivity contribution in [3.05, 3.63) is 83.4 Å². The Kier molecular flexibility index (Phi) is 5.29. The SMILES string of the molecule is CN(C)C(=O)c1ccc(F)c(C[C@H](N)c2ccccc2-c2noc3ccccc23)n1. The van der Waals surface area contributed by atoms with Gasteiger partial charge in [0.15, 0.2) is 5.58 Å². The quantitative estimate of drug-likeness (QED) is 0.544. The highest BCUT2D eigenvalue weighted by Gasteiger charge is 2.20. The number of benzene rings is 2. The van der Waals surface area contributed by atoms with E-state index < -0.39 is 11.9 Å². The minimum Gasteiger partial charge on any atom is -0.356 e. The molecule has 1 atom stereocenters. The van der Waals surface area contributed by atoms with Crippen LogP contribution in [0.3, 0.4) is 0 Å². The first kappa shape index (κ1) is 19.7. The first-order valence-corrected chi connectivity index (χ1v) is 9.52. The van der Waals surface area contributed by atoms with Gasteiger partial charge in [0.1, 0.15) is 17.2 Å². The molecule has 0 bridgehead atoms. The number of rotatable bonds is 5. The zero-order valence-corrected chi connectivity index (χ0v) is 16.7. The molecule has 0 unspecified atom stereocenters. The number of fused-ring (bicyclic) bond motifs is 1. The molecule has 6 nitrogen and oxygen atoms in total. The van der Waals surface area contributed by atoms with Crippen LogP contribution in [0, 0.1) is 5.82 Å². The van der Waals surface area contributed by atoms with Crippen LogP contribution in [0.25, 0.3) is 22.2 Å². The fraction of sp³-hybridized carbons (Fsp3) is 0.174. The molecular formula is C23H21FN4O2. The van der Waals surface area contributed by atoms with E-state index in [1.807, 2.05) is 48.5 Å². The number of nitrogens with two attached hydrogens (primary N) is 1. The van der Waals surface area contributed by atoms with Crippen molar-refractivity contribution in [3.8, 4) is 11.3 Å². The Morgan fingerprint density at radius 2 is 1.83 bits per heavy atom. The molecule has 4 rings (SSSR count). The first-order chi connectivity index (χ1) is 14.5. The van der Waals surface area contributed by atoms with Gasteiger partial charge in [-0.2, -0.15) is 0 Å². The Labute approximate surface area is 173 Å². The van der Waals surface area contributed by atoms with Crippen LogP contribution >= 0.6 is 0 Å². The van der Waals surface area contributed by atoms with Gasteiger partial charge < -0.3 is 15.2 Å². The minimum atomic E-state index is -0.552. The Bertz CT molecular complexity index is 1220. The third-order valence-corrected chi connectivity index (χ3v) is 4.95. The van der Waals surface area contributed by atoms with E-state index in [1.165, 1.54) is 17.0 Å². The number of hydrogen-bond donors (Lipinski definition) is 1. The average molecular weight is 404 g/mol. The van der Waals surface area contributed by atoms with Crippen molar-refractivity contribution in [2.45, 2.75) is 12.5 Å². The molecule has 152 valence electrons. The lowest BCUT2D eigenvalue weighted by atomic mass is 9.94. The molecule has 0 fully saturated rings. The summed E-state index contributed by atoms with van der Waals surface area (Å²) in [6.07, 6.45) is 0.132. The maximum Gasteiger partial charge on any atom is 0.271 e. The summed E-state index contributed by atoms with van der Waals surface area (Å²) in [4.78, 5) is 17.8. The van der Waals surface area contributed by atoms with Gasteiger partial charge in [0.05, 0.1) is 5.69 Å². The Balaban J connectivity index is 1.70. The van der Waals surface area contributed by atoms with E-state index in [2.05, 4.69) is 10.1 Å². The molecule has 1 amide bonds. The van der Waals surface area contributed by atoms with Crippen molar-refractivity contribution in [2.24, 2.45) is 5.73 Å². The Morgan fingerprint density at radius 1 is 1.10 bits per heavy atom. The number of amides is 1. The van der Waals surface area contributed by atoms with Gasteiger partial charge in [-0.15, -0.1) is 0 Å². The van der Waals surface area contributed by atoms with Crippen LogP contribution in [-0.2, 0) is 6.42 Å². The molecule has 0 aliphatic carbocycles. The molecule has 0 radical (unpaired) electrons. The summed E-state index contributed by atoms with van der Waals surface area (Å²) in [5, 5.41) is 5.09. The highest BCUT2D eigenvalue weighted by Crippen LogP contribution is 2.33. The third kappa shape index (κ3) is 3.67. The van der Waals surface area contributed by atoms with E-state index in [-0.39, 0.29) is 23.7 Å². The van der Waals surface area contributed by atoms with Gasteiger partial charge in [-0.25, -0.2) is 9.37 Å². The van der Waals surface area contributed by atoms with Gasteiger partial charge in [-0.3, -0.25) is 4.79 Å². The zero-order chi connectivity index (χ0) is 21.3. The number of para-hydroxylation sites is 1.